The van der Waals surface area contributed by atoms with Crippen LogP contribution >= 0.6 is 12.6 Å². The number of carbonyl (C=O) groups excluding carboxylic acids is 11. The summed E-state index contributed by atoms with van der Waals surface area (Å²) in [6.07, 6.45) is -6.50. The summed E-state index contributed by atoms with van der Waals surface area (Å²) in [5, 5.41) is 59.6. The van der Waals surface area contributed by atoms with E-state index in [-0.39, 0.29) is 50.0 Å². The largest absolute Gasteiger partial charge is 0.481 e. The summed E-state index contributed by atoms with van der Waals surface area (Å²) < 4.78 is 10.2. The average molecular weight is 1230 g/mol. The summed E-state index contributed by atoms with van der Waals surface area (Å²) >= 11 is 3.89. The number of aliphatic hydroxyl groups excluding tert-OH is 2. The Kier molecular flexibility index (Phi) is 29.2. The highest BCUT2D eigenvalue weighted by Crippen LogP contribution is 2.44. The van der Waals surface area contributed by atoms with Crippen LogP contribution in [0.15, 0.2) is 53.5 Å². The van der Waals surface area contributed by atoms with E-state index in [1.165, 1.54) is 6.92 Å². The second-order valence-electron chi connectivity index (χ2n) is 20.1. The van der Waals surface area contributed by atoms with Crippen LogP contribution in [0, 0.1) is 5.92 Å². The fourth-order valence-corrected chi connectivity index (χ4v) is 8.83. The molecular formula is C53H75N13O19S. The lowest BCUT2D eigenvalue weighted by molar-refractivity contribution is -0.148. The van der Waals surface area contributed by atoms with E-state index in [2.05, 4.69) is 70.2 Å². The van der Waals surface area contributed by atoms with Gasteiger partial charge in [-0.3, -0.25) is 57.7 Å². The van der Waals surface area contributed by atoms with Crippen molar-refractivity contribution in [1.29, 1.82) is 0 Å². The van der Waals surface area contributed by atoms with Crippen molar-refractivity contribution in [3.05, 3.63) is 59.7 Å². The first-order chi connectivity index (χ1) is 40.6. The van der Waals surface area contributed by atoms with Gasteiger partial charge in [-0.25, -0.2) is 9.59 Å². The number of thiol groups is 1. The zero-order chi connectivity index (χ0) is 64.4. The number of esters is 1. The van der Waals surface area contributed by atoms with Crippen LogP contribution in [0.2, 0.25) is 0 Å². The summed E-state index contributed by atoms with van der Waals surface area (Å²) in [7, 11) is 1.01. The highest BCUT2D eigenvalue weighted by atomic mass is 32.1. The van der Waals surface area contributed by atoms with Gasteiger partial charge in [0, 0.05) is 24.6 Å². The number of aliphatic imine (C=N–C) groups is 1. The Labute approximate surface area is 498 Å². The van der Waals surface area contributed by atoms with Crippen molar-refractivity contribution in [1.82, 2.24) is 47.9 Å². The Morgan fingerprint density at radius 2 is 1.14 bits per heavy atom. The first kappa shape index (κ1) is 71.2. The van der Waals surface area contributed by atoms with Crippen molar-refractivity contribution in [3.63, 3.8) is 0 Å². The molecule has 0 unspecified atom stereocenters. The van der Waals surface area contributed by atoms with Crippen molar-refractivity contribution < 1.29 is 92.2 Å². The Balaban J connectivity index is 1.77. The van der Waals surface area contributed by atoms with Gasteiger partial charge in [-0.2, -0.15) is 12.6 Å². The molecular weight excluding hydrogens is 1150 g/mol. The number of hydrogen-bond donors (Lipinski definition) is 17. The minimum atomic E-state index is -2.07. The number of guanidine groups is 1. The number of amides is 10. The molecule has 0 spiro atoms. The van der Waals surface area contributed by atoms with Gasteiger partial charge in [0.15, 0.2) is 12.0 Å². The van der Waals surface area contributed by atoms with Gasteiger partial charge >= 0.3 is 24.0 Å². The number of alkyl carbamates (subject to hydrolysis) is 1. The van der Waals surface area contributed by atoms with Crippen LogP contribution in [0.3, 0.4) is 0 Å². The Morgan fingerprint density at radius 3 is 1.65 bits per heavy atom. The van der Waals surface area contributed by atoms with E-state index in [0.29, 0.717) is 0 Å². The maximum absolute atomic E-state index is 14.0. The number of aliphatic carboxylic acids is 2. The molecule has 9 atom stereocenters. The number of primary amides is 1. The summed E-state index contributed by atoms with van der Waals surface area (Å²) in [6.45, 7) is 2.34. The Morgan fingerprint density at radius 1 is 0.628 bits per heavy atom. The average Bonchev–Trinajstić information content (AvgIpc) is 1.85. The van der Waals surface area contributed by atoms with Gasteiger partial charge in [-0.15, -0.1) is 0 Å². The molecule has 472 valence electrons. The maximum Gasteiger partial charge on any atom is 0.407 e. The lowest BCUT2D eigenvalue weighted by Gasteiger charge is -2.27. The molecule has 0 heterocycles. The van der Waals surface area contributed by atoms with Crippen LogP contribution in [0.1, 0.15) is 82.8 Å². The molecule has 19 N–H and O–H groups in total. The van der Waals surface area contributed by atoms with Crippen molar-refractivity contribution in [2.45, 2.75) is 126 Å². The number of benzene rings is 2. The highest BCUT2D eigenvalue weighted by molar-refractivity contribution is 7.80. The molecule has 0 saturated heterocycles. The van der Waals surface area contributed by atoms with Crippen molar-refractivity contribution >= 4 is 95.8 Å². The molecule has 0 aromatic heterocycles. The van der Waals surface area contributed by atoms with Gasteiger partial charge in [0.1, 0.15) is 48.9 Å². The third-order valence-electron chi connectivity index (χ3n) is 12.9. The summed E-state index contributed by atoms with van der Waals surface area (Å²) in [5.41, 5.74) is 20.0. The fourth-order valence-electron chi connectivity index (χ4n) is 8.62. The molecule has 2 aromatic carbocycles. The molecule has 0 bridgehead atoms. The zero-order valence-electron chi connectivity index (χ0n) is 47.5. The topological polar surface area (TPSA) is 520 Å². The van der Waals surface area contributed by atoms with Crippen LogP contribution in [0.5, 0.6) is 0 Å². The summed E-state index contributed by atoms with van der Waals surface area (Å²) in [5.74, 6) is -15.9. The van der Waals surface area contributed by atoms with E-state index in [9.17, 15) is 82.8 Å². The van der Waals surface area contributed by atoms with Gasteiger partial charge < -0.3 is 95.0 Å². The van der Waals surface area contributed by atoms with E-state index in [4.69, 9.17) is 21.9 Å². The highest BCUT2D eigenvalue weighted by Gasteiger charge is 2.37. The number of carboxylic acid groups (broad SMARTS) is 2. The van der Waals surface area contributed by atoms with Crippen LogP contribution < -0.4 is 65.1 Å². The predicted molar refractivity (Wildman–Crippen MR) is 305 cm³/mol. The van der Waals surface area contributed by atoms with Crippen molar-refractivity contribution in [2.24, 2.45) is 28.1 Å². The van der Waals surface area contributed by atoms with E-state index < -0.39 is 176 Å². The van der Waals surface area contributed by atoms with Gasteiger partial charge in [-0.1, -0.05) is 62.4 Å². The first-order valence-corrected chi connectivity index (χ1v) is 27.5. The van der Waals surface area contributed by atoms with Crippen LogP contribution in [0.25, 0.3) is 11.1 Å². The Hall–Kier alpha value is -9.11. The normalized spacial score (nSPS) is 14.6. The summed E-state index contributed by atoms with van der Waals surface area (Å²) in [4.78, 5) is 173. The number of fused-ring (bicyclic) bond motifs is 3. The number of nitrogens with zero attached hydrogens (tertiary/aromatic N) is 1. The minimum Gasteiger partial charge on any atom is -0.481 e. The third-order valence-corrected chi connectivity index (χ3v) is 13.3. The van der Waals surface area contributed by atoms with Gasteiger partial charge in [0.25, 0.3) is 0 Å². The number of rotatable bonds is 36. The number of ether oxygens (including phenoxy) is 2. The smallest absolute Gasteiger partial charge is 0.407 e. The molecule has 33 heteroatoms. The molecule has 0 saturated carbocycles. The quantitative estimate of drug-likeness (QED) is 0.0100. The molecule has 2 aromatic rings. The van der Waals surface area contributed by atoms with Crippen LogP contribution in [-0.4, -0.2) is 197 Å². The number of carboxylic acids is 2. The fraction of sp³-hybridized carbons (Fsp3) is 0.509. The second kappa shape index (κ2) is 35.2. The SMILES string of the molecule is COC(=O)[C@@H](NC(=O)[C@H](C)NC(=O)CNC(=O)[C@H](CO)NC(=O)[C@H](CC(C)C)NC(=O)[C@H](CC(=O)O)NC(=O)[C@H](CCC(=O)O)NC(=O)[C@H](CC(N)=O)NC(=O)[C@H](CCCN=C(N)N)NC(=O)OCC1c2ccccc2-c2ccccc21)[C@H](O)CS. The van der Waals surface area contributed by atoms with E-state index in [1.807, 2.05) is 48.5 Å². The lowest BCUT2D eigenvalue weighted by atomic mass is 9.98. The van der Waals surface area contributed by atoms with Gasteiger partial charge in [-0.05, 0) is 60.8 Å². The molecule has 0 radical (unpaired) electrons. The molecule has 0 fully saturated rings. The number of nitrogens with one attached hydrogen (secondary N) is 9. The van der Waals surface area contributed by atoms with E-state index in [0.717, 1.165) is 29.4 Å². The van der Waals surface area contributed by atoms with Crippen LogP contribution in [0.4, 0.5) is 4.79 Å². The molecule has 0 aliphatic heterocycles. The number of aliphatic hydroxyl groups is 2. The summed E-state index contributed by atoms with van der Waals surface area (Å²) in [6, 6.07) is 1.33. The number of methoxy groups -OCH3 is 1. The monoisotopic (exact) mass is 1230 g/mol. The maximum atomic E-state index is 14.0. The molecule has 1 aliphatic carbocycles. The molecule has 32 nitrogen and oxygen atoms in total. The molecule has 86 heavy (non-hydrogen) atoms. The van der Waals surface area contributed by atoms with Crippen molar-refractivity contribution in [3.8, 4) is 11.1 Å². The van der Waals surface area contributed by atoms with Gasteiger partial charge in [0.2, 0.25) is 53.2 Å². The first-order valence-electron chi connectivity index (χ1n) is 26.9. The third kappa shape index (κ3) is 23.2. The second-order valence-corrected chi connectivity index (χ2v) is 20.4. The van der Waals surface area contributed by atoms with Crippen LogP contribution in [-0.2, 0) is 67.0 Å². The predicted octanol–water partition coefficient (Wildman–Crippen LogP) is -4.81. The van der Waals surface area contributed by atoms with E-state index in [1.54, 1.807) is 13.8 Å². The molecule has 1 aliphatic rings. The standard InChI is InChI=1S/C53H75N13O19S/c1-25(2)18-34(48(79)64-37(22-67)45(76)58-21-40(70)59-26(3)44(75)66-43(38(68)24-86)51(82)84-4)61-50(81)36(20-42(73)74)63-47(78)33(15-16-41(71)72)60-49(80)35(19-39(54)69)62-46(77)32(14-9-17-57-52(55)56)65-53(83)85-23-31-29-12-7-5-10-27(29)28-11-6-8-13-30(28)31/h5-8,10-13,25-26,31-38,43,67-68,86H,9,14-24H2,1-4H3,(H2,54,69)(H,58,76)(H,59,70)(H,60,80)(H,61,81)(H,62,77)(H,63,78)(H,64,79)(H,65,83)(H,66,75)(H,71,72)(H,73,74)(H4,55,56,57)/t26-,32-,33-,34-,35-,36-,37-,38+,43-/m0/s1. The number of carbonyl (C=O) groups is 13. The number of hydrogen-bond acceptors (Lipinski definition) is 19. The Bertz CT molecular complexity index is 2770. The minimum absolute atomic E-state index is 0.0233. The van der Waals surface area contributed by atoms with Gasteiger partial charge in [0.05, 0.1) is 39.2 Å². The number of nitrogens with two attached hydrogens (primary N) is 3. The zero-order valence-corrected chi connectivity index (χ0v) is 48.4. The molecule has 3 rings (SSSR count). The lowest BCUT2D eigenvalue weighted by Crippen LogP contribution is -2.60. The van der Waals surface area contributed by atoms with E-state index >= 15 is 0 Å². The van der Waals surface area contributed by atoms with Crippen molar-refractivity contribution in [2.75, 3.05) is 39.2 Å². The molecule has 10 amide bonds.